The number of carbonyl (C=O) groups is 1. The van der Waals surface area contributed by atoms with Gasteiger partial charge in [-0.05, 0) is 83.0 Å². The lowest BCUT2D eigenvalue weighted by atomic mass is 9.45. The highest BCUT2D eigenvalue weighted by atomic mass is 79.9. The first-order valence-corrected chi connectivity index (χ1v) is 12.5. The zero-order valence-electron chi connectivity index (χ0n) is 19.0. The number of rotatable bonds is 4. The first-order valence-electron chi connectivity index (χ1n) is 11.7. The van der Waals surface area contributed by atoms with Gasteiger partial charge in [-0.3, -0.25) is 9.59 Å². The van der Waals surface area contributed by atoms with Crippen LogP contribution >= 0.6 is 15.9 Å². The van der Waals surface area contributed by atoms with E-state index < -0.39 is 0 Å². The van der Waals surface area contributed by atoms with Crippen molar-refractivity contribution in [2.24, 2.45) is 23.2 Å². The molecule has 1 aromatic heterocycles. The maximum Gasteiger partial charge on any atom is 0.287 e. The third-order valence-electron chi connectivity index (χ3n) is 8.34. The van der Waals surface area contributed by atoms with E-state index in [4.69, 9.17) is 0 Å². The minimum atomic E-state index is -0.227. The normalized spacial score (nSPS) is 28.3. The molecule has 0 spiro atoms. The Labute approximate surface area is 197 Å². The molecule has 1 N–H and O–H groups in total. The maximum atomic E-state index is 13.1. The number of hydrogen-bond acceptors (Lipinski definition) is 4. The van der Waals surface area contributed by atoms with Gasteiger partial charge in [0.2, 0.25) is 0 Å². The molecule has 4 aliphatic rings. The Kier molecular flexibility index (Phi) is 5.43. The van der Waals surface area contributed by atoms with E-state index in [0.717, 1.165) is 49.9 Å². The fraction of sp³-hybridized carbons (Fsp3) is 0.560. The summed E-state index contributed by atoms with van der Waals surface area (Å²) in [5, 5.41) is 8.04. The van der Waals surface area contributed by atoms with Crippen molar-refractivity contribution < 1.29 is 4.79 Å². The molecule has 2 heterocycles. The SMILES string of the molecule is C[C@H]1[C@H](Nc2cnn(-c3cccc(C(=O)N4CCCC4)c3)c(=O)c2Br)C[C@H]2C[C@@H]1C2(C)C. The van der Waals surface area contributed by atoms with Crippen LogP contribution in [0.5, 0.6) is 0 Å². The van der Waals surface area contributed by atoms with E-state index in [1.165, 1.54) is 11.1 Å². The Morgan fingerprint density at radius 3 is 2.66 bits per heavy atom. The lowest BCUT2D eigenvalue weighted by Crippen LogP contribution is -2.58. The number of nitrogens with zero attached hydrogens (tertiary/aromatic N) is 3. The van der Waals surface area contributed by atoms with E-state index in [9.17, 15) is 9.59 Å². The van der Waals surface area contributed by atoms with E-state index in [-0.39, 0.29) is 11.5 Å². The summed E-state index contributed by atoms with van der Waals surface area (Å²) in [6.07, 6.45) is 6.26. The number of anilines is 1. The molecule has 0 unspecified atom stereocenters. The molecule has 3 saturated carbocycles. The molecule has 7 heteroatoms. The Morgan fingerprint density at radius 2 is 1.97 bits per heavy atom. The third kappa shape index (κ3) is 3.49. The molecule has 1 aromatic carbocycles. The van der Waals surface area contributed by atoms with Gasteiger partial charge in [0, 0.05) is 24.7 Å². The molecule has 0 radical (unpaired) electrons. The number of benzene rings is 1. The number of aromatic nitrogens is 2. The van der Waals surface area contributed by atoms with Crippen molar-refractivity contribution in [1.29, 1.82) is 0 Å². The van der Waals surface area contributed by atoms with Crippen LogP contribution in [-0.2, 0) is 0 Å². The Hall–Kier alpha value is -2.15. The largest absolute Gasteiger partial charge is 0.380 e. The zero-order valence-corrected chi connectivity index (χ0v) is 20.6. The van der Waals surface area contributed by atoms with Gasteiger partial charge in [0.25, 0.3) is 11.5 Å². The van der Waals surface area contributed by atoms with Gasteiger partial charge in [-0.25, -0.2) is 0 Å². The predicted octanol–water partition coefficient (Wildman–Crippen LogP) is 4.71. The molecule has 4 atom stereocenters. The summed E-state index contributed by atoms with van der Waals surface area (Å²) in [6.45, 7) is 8.70. The number of halogens is 1. The molecule has 1 aliphatic heterocycles. The van der Waals surface area contributed by atoms with Crippen LogP contribution in [-0.4, -0.2) is 39.7 Å². The van der Waals surface area contributed by atoms with E-state index in [2.05, 4.69) is 47.1 Å². The van der Waals surface area contributed by atoms with Crippen LogP contribution in [0.15, 0.2) is 39.7 Å². The maximum absolute atomic E-state index is 13.1. The van der Waals surface area contributed by atoms with Crippen molar-refractivity contribution >= 4 is 27.5 Å². The molecule has 6 nitrogen and oxygen atoms in total. The summed E-state index contributed by atoms with van der Waals surface area (Å²) in [4.78, 5) is 27.8. The second-order valence-electron chi connectivity index (χ2n) is 10.3. The molecule has 170 valence electrons. The summed E-state index contributed by atoms with van der Waals surface area (Å²) in [5.74, 6) is 2.03. The molecular weight excluding hydrogens is 468 g/mol. The lowest BCUT2D eigenvalue weighted by molar-refractivity contribution is -0.105. The van der Waals surface area contributed by atoms with Gasteiger partial charge in [-0.1, -0.05) is 26.8 Å². The van der Waals surface area contributed by atoms with Crippen LogP contribution in [0, 0.1) is 23.2 Å². The first-order chi connectivity index (χ1) is 15.3. The van der Waals surface area contributed by atoms with Crippen molar-refractivity contribution in [1.82, 2.24) is 14.7 Å². The molecule has 1 saturated heterocycles. The summed E-state index contributed by atoms with van der Waals surface area (Å²) in [7, 11) is 0. The van der Waals surface area contributed by atoms with Crippen LogP contribution < -0.4 is 10.9 Å². The van der Waals surface area contributed by atoms with Gasteiger partial charge in [0.15, 0.2) is 0 Å². The van der Waals surface area contributed by atoms with E-state index in [0.29, 0.717) is 33.1 Å². The lowest BCUT2D eigenvalue weighted by Gasteiger charge is -2.62. The number of nitrogens with one attached hydrogen (secondary N) is 1. The molecule has 3 aliphatic carbocycles. The minimum absolute atomic E-state index is 0.0162. The smallest absolute Gasteiger partial charge is 0.287 e. The van der Waals surface area contributed by atoms with Crippen LogP contribution in [0.2, 0.25) is 0 Å². The number of carbonyl (C=O) groups excluding carboxylic acids is 1. The Morgan fingerprint density at radius 1 is 1.22 bits per heavy atom. The van der Waals surface area contributed by atoms with Gasteiger partial charge in [-0.2, -0.15) is 9.78 Å². The monoisotopic (exact) mass is 498 g/mol. The molecule has 2 aromatic rings. The predicted molar refractivity (Wildman–Crippen MR) is 129 cm³/mol. The molecule has 6 rings (SSSR count). The summed E-state index contributed by atoms with van der Waals surface area (Å²) in [6, 6.07) is 7.53. The zero-order chi connectivity index (χ0) is 22.6. The molecular formula is C25H31BrN4O2. The molecule has 32 heavy (non-hydrogen) atoms. The second kappa shape index (κ2) is 8.01. The summed E-state index contributed by atoms with van der Waals surface area (Å²) >= 11 is 3.51. The average molecular weight is 499 g/mol. The number of fused-ring (bicyclic) bond motifs is 2. The Bertz CT molecular complexity index is 1110. The fourth-order valence-electron chi connectivity index (χ4n) is 6.13. The topological polar surface area (TPSA) is 67.2 Å². The summed E-state index contributed by atoms with van der Waals surface area (Å²) < 4.78 is 1.84. The fourth-order valence-corrected chi connectivity index (χ4v) is 6.52. The first kappa shape index (κ1) is 21.7. The number of likely N-dealkylation sites (tertiary alicyclic amines) is 1. The molecule has 1 amide bonds. The van der Waals surface area contributed by atoms with Crippen LogP contribution in [0.25, 0.3) is 5.69 Å². The van der Waals surface area contributed by atoms with Crippen LogP contribution in [0.3, 0.4) is 0 Å². The highest BCUT2D eigenvalue weighted by molar-refractivity contribution is 9.10. The van der Waals surface area contributed by atoms with Crippen LogP contribution in [0.1, 0.15) is 56.8 Å². The van der Waals surface area contributed by atoms with Gasteiger partial charge < -0.3 is 10.2 Å². The molecule has 4 fully saturated rings. The standard InChI is InChI=1S/C25H31BrN4O2/c1-15-19-12-17(25(19,2)3)13-20(15)28-21-14-27-30(24(32)22(21)26)18-8-6-7-16(11-18)23(31)29-9-4-5-10-29/h6-8,11,14-15,17,19-20,28H,4-5,9-10,12-13H2,1-3H3/t15-,17-,19+,20-/m1/s1. The number of hydrogen-bond donors (Lipinski definition) is 1. The second-order valence-corrected chi connectivity index (χ2v) is 11.1. The van der Waals surface area contributed by atoms with Gasteiger partial charge >= 0.3 is 0 Å². The van der Waals surface area contributed by atoms with Gasteiger partial charge in [0.1, 0.15) is 4.47 Å². The van der Waals surface area contributed by atoms with Gasteiger partial charge in [0.05, 0.1) is 17.6 Å². The van der Waals surface area contributed by atoms with E-state index >= 15 is 0 Å². The van der Waals surface area contributed by atoms with E-state index in [1.54, 1.807) is 18.3 Å². The highest BCUT2D eigenvalue weighted by Crippen LogP contribution is 2.61. The van der Waals surface area contributed by atoms with Crippen LogP contribution in [0.4, 0.5) is 5.69 Å². The van der Waals surface area contributed by atoms with Gasteiger partial charge in [-0.15, -0.1) is 0 Å². The van der Waals surface area contributed by atoms with Crippen molar-refractivity contribution in [3.8, 4) is 5.69 Å². The molecule has 2 bridgehead atoms. The van der Waals surface area contributed by atoms with Crippen molar-refractivity contribution in [2.75, 3.05) is 18.4 Å². The average Bonchev–Trinajstić information content (AvgIpc) is 3.32. The number of amides is 1. The summed E-state index contributed by atoms with van der Waals surface area (Å²) in [5.41, 5.74) is 2.13. The highest BCUT2D eigenvalue weighted by Gasteiger charge is 2.56. The minimum Gasteiger partial charge on any atom is -0.380 e. The third-order valence-corrected chi connectivity index (χ3v) is 9.11. The van der Waals surface area contributed by atoms with Crippen molar-refractivity contribution in [3.63, 3.8) is 0 Å². The van der Waals surface area contributed by atoms with Crippen molar-refractivity contribution in [2.45, 2.75) is 52.5 Å². The quantitative estimate of drug-likeness (QED) is 0.662. The Balaban J connectivity index is 1.37. The van der Waals surface area contributed by atoms with Crippen molar-refractivity contribution in [3.05, 3.63) is 50.9 Å². The van der Waals surface area contributed by atoms with E-state index in [1.807, 2.05) is 17.0 Å².